The lowest BCUT2D eigenvalue weighted by molar-refractivity contribution is -0.783. The lowest BCUT2D eigenvalue weighted by atomic mass is 9.70. The van der Waals surface area contributed by atoms with Crippen LogP contribution in [0.3, 0.4) is 0 Å². The molecule has 4 aliphatic rings. The Hall–Kier alpha value is -1.83. The summed E-state index contributed by atoms with van der Waals surface area (Å²) in [6.45, 7) is 6.11. The van der Waals surface area contributed by atoms with Crippen LogP contribution in [0.5, 0.6) is 0 Å². The van der Waals surface area contributed by atoms with E-state index in [1.165, 1.54) is 20.8 Å². The van der Waals surface area contributed by atoms with Crippen LogP contribution in [0.25, 0.3) is 0 Å². The second-order valence-corrected chi connectivity index (χ2v) is 10.3. The fourth-order valence-electron chi connectivity index (χ4n) is 6.61. The van der Waals surface area contributed by atoms with Gasteiger partial charge in [0.2, 0.25) is 0 Å². The summed E-state index contributed by atoms with van der Waals surface area (Å²) in [7, 11) is 3.40. The molecule has 0 spiro atoms. The number of piperidine rings is 1. The van der Waals surface area contributed by atoms with E-state index < -0.39 is 54.7 Å². The highest BCUT2D eigenvalue weighted by Crippen LogP contribution is 2.40. The van der Waals surface area contributed by atoms with Crippen molar-refractivity contribution in [1.82, 2.24) is 0 Å². The standard InChI is InChI=1S/C25H39NO11/c1-11-19(34-12(2)27)22(35-13(3)28)23(36-14(4)29)25(33-11)37-17-8-7-15-18(21(17)31-6)26-24-16(9-10-32-24)20(15)30-5/h11,15-26H,7-10H2,1-6H3/p+1/t11-,15?,16?,17?,18?,19-,20?,21?,22+,23+,24?,25+/m1/s1. The zero-order valence-corrected chi connectivity index (χ0v) is 22.3. The predicted octanol–water partition coefficient (Wildman–Crippen LogP) is -0.340. The number of rotatable bonds is 7. The van der Waals surface area contributed by atoms with Crippen LogP contribution in [0.1, 0.15) is 47.0 Å². The SMILES string of the molecule is COC1C2CCOC2[NH2+]C2C1CCC(O[C@@H]1O[C@H](C)[C@@H](OC(C)=O)[C@H](OC(C)=O)[C@@H]1OC(C)=O)C2OC. The summed E-state index contributed by atoms with van der Waals surface area (Å²) in [6.07, 6.45) is -3.20. The van der Waals surface area contributed by atoms with Crippen LogP contribution >= 0.6 is 0 Å². The molecule has 3 heterocycles. The first kappa shape index (κ1) is 28.2. The van der Waals surface area contributed by atoms with Crippen molar-refractivity contribution >= 4 is 17.9 Å². The Bertz CT molecular complexity index is 839. The number of hydrogen-bond donors (Lipinski definition) is 1. The Morgan fingerprint density at radius 3 is 2.00 bits per heavy atom. The van der Waals surface area contributed by atoms with Gasteiger partial charge in [0.15, 0.2) is 30.8 Å². The molecule has 0 amide bonds. The number of carbonyl (C=O) groups is 3. The van der Waals surface area contributed by atoms with Crippen LogP contribution in [0.2, 0.25) is 0 Å². The van der Waals surface area contributed by atoms with Gasteiger partial charge in [-0.1, -0.05) is 0 Å². The molecule has 37 heavy (non-hydrogen) atoms. The highest BCUT2D eigenvalue weighted by atomic mass is 16.7. The first-order valence-electron chi connectivity index (χ1n) is 13.0. The Balaban J connectivity index is 1.56. The summed E-state index contributed by atoms with van der Waals surface area (Å²) in [5, 5.41) is 2.23. The summed E-state index contributed by atoms with van der Waals surface area (Å²) in [6, 6.07) is 0.0271. The molecular weight excluding hydrogens is 490 g/mol. The topological polar surface area (TPSA) is 142 Å². The van der Waals surface area contributed by atoms with Crippen molar-refractivity contribution in [2.24, 2.45) is 11.8 Å². The van der Waals surface area contributed by atoms with E-state index in [-0.39, 0.29) is 30.4 Å². The molecule has 12 heteroatoms. The quantitative estimate of drug-likeness (QED) is 0.341. The molecule has 4 fully saturated rings. The molecule has 210 valence electrons. The number of methoxy groups -OCH3 is 2. The van der Waals surface area contributed by atoms with Crippen LogP contribution in [0.4, 0.5) is 0 Å². The molecular formula is C25H40NO11+. The number of carbonyl (C=O) groups excluding carboxylic acids is 3. The normalized spacial score (nSPS) is 43.3. The summed E-state index contributed by atoms with van der Waals surface area (Å²) in [5.74, 6) is -1.22. The Morgan fingerprint density at radius 2 is 1.38 bits per heavy atom. The van der Waals surface area contributed by atoms with Crippen LogP contribution in [0.15, 0.2) is 0 Å². The van der Waals surface area contributed by atoms with Crippen LogP contribution in [0, 0.1) is 11.8 Å². The van der Waals surface area contributed by atoms with Gasteiger partial charge >= 0.3 is 17.9 Å². The number of quaternary nitrogens is 1. The summed E-state index contributed by atoms with van der Waals surface area (Å²) in [4.78, 5) is 35.8. The summed E-state index contributed by atoms with van der Waals surface area (Å²) >= 11 is 0. The zero-order valence-electron chi connectivity index (χ0n) is 22.3. The molecule has 12 atom stereocenters. The third-order valence-corrected chi connectivity index (χ3v) is 7.95. The van der Waals surface area contributed by atoms with E-state index in [1.54, 1.807) is 21.1 Å². The van der Waals surface area contributed by atoms with Gasteiger partial charge < -0.3 is 43.2 Å². The minimum atomic E-state index is -1.15. The zero-order chi connectivity index (χ0) is 26.9. The van der Waals surface area contributed by atoms with Crippen LogP contribution in [-0.2, 0) is 52.3 Å². The fraction of sp³-hybridized carbons (Fsp3) is 0.880. The second kappa shape index (κ2) is 11.9. The third kappa shape index (κ3) is 5.94. The molecule has 3 aliphatic heterocycles. The van der Waals surface area contributed by atoms with Gasteiger partial charge in [-0.2, -0.15) is 0 Å². The van der Waals surface area contributed by atoms with Gasteiger partial charge in [-0.15, -0.1) is 0 Å². The molecule has 1 aliphatic carbocycles. The highest BCUT2D eigenvalue weighted by Gasteiger charge is 2.58. The maximum atomic E-state index is 12.0. The second-order valence-electron chi connectivity index (χ2n) is 10.3. The van der Waals surface area contributed by atoms with E-state index in [0.29, 0.717) is 18.9 Å². The van der Waals surface area contributed by atoms with Crippen LogP contribution < -0.4 is 5.32 Å². The van der Waals surface area contributed by atoms with Crippen molar-refractivity contribution in [2.45, 2.75) is 108 Å². The van der Waals surface area contributed by atoms with E-state index in [0.717, 1.165) is 12.8 Å². The Labute approximate surface area is 216 Å². The number of esters is 3. The maximum absolute atomic E-state index is 12.0. The number of hydrogen-bond acceptors (Lipinski definition) is 11. The van der Waals surface area contributed by atoms with Crippen molar-refractivity contribution < 1.29 is 57.6 Å². The molecule has 0 bridgehead atoms. The number of ether oxygens (including phenoxy) is 8. The number of fused-ring (bicyclic) bond motifs is 2. The van der Waals surface area contributed by atoms with Crippen molar-refractivity contribution in [3.05, 3.63) is 0 Å². The van der Waals surface area contributed by atoms with Gasteiger partial charge in [-0.25, -0.2) is 0 Å². The molecule has 12 nitrogen and oxygen atoms in total. The van der Waals surface area contributed by atoms with Gasteiger partial charge in [-0.05, 0) is 26.2 Å². The van der Waals surface area contributed by atoms with E-state index in [9.17, 15) is 14.4 Å². The number of nitrogens with two attached hydrogens (primary N) is 1. The largest absolute Gasteiger partial charge is 0.456 e. The lowest BCUT2D eigenvalue weighted by Crippen LogP contribution is -3.03. The summed E-state index contributed by atoms with van der Waals surface area (Å²) in [5.41, 5.74) is 0. The van der Waals surface area contributed by atoms with E-state index >= 15 is 0 Å². The summed E-state index contributed by atoms with van der Waals surface area (Å²) < 4.78 is 46.9. The van der Waals surface area contributed by atoms with Crippen LogP contribution in [-0.4, -0.2) is 100 Å². The monoisotopic (exact) mass is 530 g/mol. The fourth-order valence-corrected chi connectivity index (χ4v) is 6.61. The van der Waals surface area contributed by atoms with Crippen molar-refractivity contribution in [1.29, 1.82) is 0 Å². The average Bonchev–Trinajstić information content (AvgIpc) is 3.29. The van der Waals surface area contributed by atoms with E-state index in [4.69, 9.17) is 37.9 Å². The molecule has 7 unspecified atom stereocenters. The van der Waals surface area contributed by atoms with Gasteiger partial charge in [0.05, 0.1) is 30.8 Å². The van der Waals surface area contributed by atoms with E-state index in [2.05, 4.69) is 5.32 Å². The van der Waals surface area contributed by atoms with Crippen molar-refractivity contribution in [3.63, 3.8) is 0 Å². The first-order valence-corrected chi connectivity index (χ1v) is 13.0. The maximum Gasteiger partial charge on any atom is 0.303 e. The third-order valence-electron chi connectivity index (χ3n) is 7.95. The van der Waals surface area contributed by atoms with Gasteiger partial charge in [0, 0.05) is 40.9 Å². The highest BCUT2D eigenvalue weighted by molar-refractivity contribution is 5.68. The van der Waals surface area contributed by atoms with Gasteiger partial charge in [-0.3, -0.25) is 14.4 Å². The molecule has 1 saturated carbocycles. The molecule has 4 rings (SSSR count). The molecule has 0 aromatic rings. The average molecular weight is 531 g/mol. The minimum Gasteiger partial charge on any atom is -0.456 e. The van der Waals surface area contributed by atoms with Gasteiger partial charge in [0.1, 0.15) is 12.1 Å². The molecule has 0 aromatic heterocycles. The molecule has 2 N–H and O–H groups in total. The molecule has 0 radical (unpaired) electrons. The van der Waals surface area contributed by atoms with Crippen molar-refractivity contribution in [2.75, 3.05) is 20.8 Å². The molecule has 0 aromatic carbocycles. The van der Waals surface area contributed by atoms with Gasteiger partial charge in [0.25, 0.3) is 0 Å². The Kier molecular flexibility index (Phi) is 9.08. The predicted molar refractivity (Wildman–Crippen MR) is 124 cm³/mol. The Morgan fingerprint density at radius 1 is 0.757 bits per heavy atom. The lowest BCUT2D eigenvalue weighted by Gasteiger charge is -2.50. The van der Waals surface area contributed by atoms with E-state index in [1.807, 2.05) is 0 Å². The first-order chi connectivity index (χ1) is 17.6. The van der Waals surface area contributed by atoms with Crippen molar-refractivity contribution in [3.8, 4) is 0 Å². The molecule has 3 saturated heterocycles. The smallest absolute Gasteiger partial charge is 0.303 e. The minimum absolute atomic E-state index is 0.000169.